The molecule has 0 saturated carbocycles. The number of hydrogen-bond donors (Lipinski definition) is 0. The van der Waals surface area contributed by atoms with E-state index in [9.17, 15) is 0 Å². The zero-order chi connectivity index (χ0) is 23.8. The first kappa shape index (κ1) is 21.0. The highest BCUT2D eigenvalue weighted by Gasteiger charge is 2.61. The Bertz CT molecular complexity index is 1370. The minimum Gasteiger partial charge on any atom is -0.457 e. The Balaban J connectivity index is 1.76. The number of ether oxygens (including phenoxy) is 1. The van der Waals surface area contributed by atoms with Crippen molar-refractivity contribution >= 4 is 11.1 Å². The molecule has 0 saturated heterocycles. The number of rotatable bonds is 2. The highest BCUT2D eigenvalue weighted by atomic mass is 16.5. The van der Waals surface area contributed by atoms with E-state index in [0.29, 0.717) is 0 Å². The van der Waals surface area contributed by atoms with Crippen molar-refractivity contribution in [1.82, 2.24) is 0 Å². The highest BCUT2D eigenvalue weighted by molar-refractivity contribution is 6.24. The molecule has 6 rings (SSSR count). The maximum atomic E-state index is 6.45. The monoisotopic (exact) mass is 442 g/mol. The summed E-state index contributed by atoms with van der Waals surface area (Å²) < 4.78 is 6.45. The molecule has 0 bridgehead atoms. The van der Waals surface area contributed by atoms with Crippen LogP contribution in [-0.4, -0.2) is 0 Å². The van der Waals surface area contributed by atoms with Gasteiger partial charge in [-0.15, -0.1) is 0 Å². The third kappa shape index (κ3) is 2.73. The zero-order valence-electron chi connectivity index (χ0n) is 20.8. The molecule has 1 heterocycles. The summed E-state index contributed by atoms with van der Waals surface area (Å²) in [5.74, 6) is 1.91. The van der Waals surface area contributed by atoms with Crippen LogP contribution in [-0.2, 0) is 5.41 Å². The molecule has 1 nitrogen and oxygen atoms in total. The van der Waals surface area contributed by atoms with E-state index in [1.807, 2.05) is 0 Å². The molecule has 1 spiro atoms. The number of hydrogen-bond acceptors (Lipinski definition) is 1. The molecule has 2 aliphatic rings. The summed E-state index contributed by atoms with van der Waals surface area (Å²) in [5.41, 5.74) is 15.8. The molecule has 1 aliphatic carbocycles. The largest absolute Gasteiger partial charge is 0.457 e. The van der Waals surface area contributed by atoms with E-state index < -0.39 is 0 Å². The summed E-state index contributed by atoms with van der Waals surface area (Å²) in [5, 5.41) is 0. The number of benzene rings is 4. The zero-order valence-corrected chi connectivity index (χ0v) is 20.8. The quantitative estimate of drug-likeness (QED) is 0.302. The van der Waals surface area contributed by atoms with Gasteiger partial charge in [0.05, 0.1) is 5.41 Å². The van der Waals surface area contributed by atoms with Crippen molar-refractivity contribution in [1.29, 1.82) is 0 Å². The minimum atomic E-state index is -0.305. The van der Waals surface area contributed by atoms with Gasteiger partial charge >= 0.3 is 0 Å². The second-order valence-electron chi connectivity index (χ2n) is 10.1. The van der Waals surface area contributed by atoms with Gasteiger partial charge in [0.1, 0.15) is 11.5 Å². The Morgan fingerprint density at radius 2 is 0.853 bits per heavy atom. The van der Waals surface area contributed by atoms with E-state index in [1.165, 1.54) is 66.8 Å². The first-order valence-corrected chi connectivity index (χ1v) is 12.1. The molecular formula is C33H30O. The molecule has 4 aromatic carbocycles. The highest BCUT2D eigenvalue weighted by Crippen LogP contribution is 2.73. The second kappa shape index (κ2) is 7.21. The van der Waals surface area contributed by atoms with Crippen LogP contribution >= 0.6 is 0 Å². The molecule has 1 heteroatoms. The van der Waals surface area contributed by atoms with Crippen molar-refractivity contribution in [3.8, 4) is 11.5 Å². The van der Waals surface area contributed by atoms with Crippen molar-refractivity contribution in [2.24, 2.45) is 0 Å². The first-order chi connectivity index (χ1) is 16.3. The molecule has 0 radical (unpaired) electrons. The Hall–Kier alpha value is -3.58. The van der Waals surface area contributed by atoms with Crippen molar-refractivity contribution in [3.05, 3.63) is 128 Å². The van der Waals surface area contributed by atoms with Crippen LogP contribution in [0.2, 0.25) is 0 Å². The predicted octanol–water partition coefficient (Wildman–Crippen LogP) is 8.55. The molecule has 168 valence electrons. The van der Waals surface area contributed by atoms with Crippen LogP contribution in [0.4, 0.5) is 0 Å². The van der Waals surface area contributed by atoms with Gasteiger partial charge in [-0.25, -0.2) is 0 Å². The number of para-hydroxylation sites is 2. The van der Waals surface area contributed by atoms with Gasteiger partial charge < -0.3 is 4.74 Å². The maximum Gasteiger partial charge on any atom is 0.132 e. The topological polar surface area (TPSA) is 9.23 Å². The van der Waals surface area contributed by atoms with Gasteiger partial charge in [0.2, 0.25) is 0 Å². The summed E-state index contributed by atoms with van der Waals surface area (Å²) in [4.78, 5) is 0. The standard InChI is InChI=1S/C33H30O/c1-19-15-21(3)29(22(4)16-19)31-32(30-23(5)17-20(2)18-24(30)6)33(31)25-11-7-9-13-27(25)34-28-14-10-8-12-26(28)33/h7-18H,1-6H3. The van der Waals surface area contributed by atoms with Crippen LogP contribution in [0.3, 0.4) is 0 Å². The lowest BCUT2D eigenvalue weighted by Gasteiger charge is -2.32. The average Bonchev–Trinajstić information content (AvgIpc) is 3.41. The fraction of sp³-hybridized carbons (Fsp3) is 0.212. The number of allylic oxidation sites excluding steroid dienone is 2. The summed E-state index contributed by atoms with van der Waals surface area (Å²) >= 11 is 0. The van der Waals surface area contributed by atoms with E-state index in [2.05, 4.69) is 114 Å². The molecule has 0 fully saturated rings. The second-order valence-corrected chi connectivity index (χ2v) is 10.1. The Kier molecular flexibility index (Phi) is 4.45. The van der Waals surface area contributed by atoms with Crippen LogP contribution in [0.25, 0.3) is 11.1 Å². The smallest absolute Gasteiger partial charge is 0.132 e. The molecule has 0 aromatic heterocycles. The van der Waals surface area contributed by atoms with Crippen LogP contribution in [0.15, 0.2) is 72.8 Å². The van der Waals surface area contributed by atoms with Gasteiger partial charge in [0.15, 0.2) is 0 Å². The Labute approximate surface area is 202 Å². The third-order valence-electron chi connectivity index (χ3n) is 7.59. The van der Waals surface area contributed by atoms with Gasteiger partial charge in [0.25, 0.3) is 0 Å². The average molecular weight is 443 g/mol. The van der Waals surface area contributed by atoms with E-state index in [4.69, 9.17) is 4.74 Å². The van der Waals surface area contributed by atoms with Crippen molar-refractivity contribution < 1.29 is 4.74 Å². The molecule has 0 unspecified atom stereocenters. The van der Waals surface area contributed by atoms with E-state index in [1.54, 1.807) is 0 Å². The van der Waals surface area contributed by atoms with Crippen LogP contribution in [0.1, 0.15) is 55.6 Å². The Morgan fingerprint density at radius 1 is 0.500 bits per heavy atom. The Morgan fingerprint density at radius 3 is 1.24 bits per heavy atom. The summed E-state index contributed by atoms with van der Waals surface area (Å²) in [6.07, 6.45) is 0. The van der Waals surface area contributed by atoms with Gasteiger partial charge in [-0.1, -0.05) is 71.8 Å². The predicted molar refractivity (Wildman–Crippen MR) is 142 cm³/mol. The van der Waals surface area contributed by atoms with E-state index >= 15 is 0 Å². The minimum absolute atomic E-state index is 0.305. The van der Waals surface area contributed by atoms with Crippen molar-refractivity contribution in [3.63, 3.8) is 0 Å². The molecule has 0 N–H and O–H groups in total. The maximum absolute atomic E-state index is 6.45. The first-order valence-electron chi connectivity index (χ1n) is 12.1. The van der Waals surface area contributed by atoms with Gasteiger partial charge in [0, 0.05) is 11.1 Å². The van der Waals surface area contributed by atoms with Gasteiger partial charge in [-0.05, 0) is 98.2 Å². The summed E-state index contributed by atoms with van der Waals surface area (Å²) in [7, 11) is 0. The molecular weight excluding hydrogens is 412 g/mol. The fourth-order valence-corrected chi connectivity index (χ4v) is 6.59. The lowest BCUT2D eigenvalue weighted by molar-refractivity contribution is 0.450. The SMILES string of the molecule is Cc1cc(C)c(C2=C(c3c(C)cc(C)cc3C)C23c2ccccc2Oc2ccccc23)c(C)c1. The number of aryl methyl sites for hydroxylation is 6. The normalized spacial score (nSPS) is 15.1. The molecule has 0 atom stereocenters. The molecule has 4 aromatic rings. The van der Waals surface area contributed by atoms with Crippen LogP contribution in [0.5, 0.6) is 11.5 Å². The third-order valence-corrected chi connectivity index (χ3v) is 7.59. The summed E-state index contributed by atoms with van der Waals surface area (Å²) in [6, 6.07) is 26.5. The molecule has 34 heavy (non-hydrogen) atoms. The van der Waals surface area contributed by atoms with E-state index in [-0.39, 0.29) is 5.41 Å². The van der Waals surface area contributed by atoms with Gasteiger partial charge in [-0.3, -0.25) is 0 Å². The van der Waals surface area contributed by atoms with Crippen LogP contribution < -0.4 is 4.74 Å². The van der Waals surface area contributed by atoms with Crippen LogP contribution in [0, 0.1) is 41.5 Å². The van der Waals surface area contributed by atoms with Crippen molar-refractivity contribution in [2.45, 2.75) is 47.0 Å². The fourth-order valence-electron chi connectivity index (χ4n) is 6.59. The lowest BCUT2D eigenvalue weighted by atomic mass is 9.75. The number of fused-ring (bicyclic) bond motifs is 4. The lowest BCUT2D eigenvalue weighted by Crippen LogP contribution is -2.22. The van der Waals surface area contributed by atoms with E-state index in [0.717, 1.165) is 11.5 Å². The summed E-state index contributed by atoms with van der Waals surface area (Å²) in [6.45, 7) is 13.4. The van der Waals surface area contributed by atoms with Crippen molar-refractivity contribution in [2.75, 3.05) is 0 Å². The van der Waals surface area contributed by atoms with Gasteiger partial charge in [-0.2, -0.15) is 0 Å². The molecule has 0 amide bonds. The molecule has 1 aliphatic heterocycles.